The van der Waals surface area contributed by atoms with Gasteiger partial charge < -0.3 is 4.74 Å². The topological polar surface area (TPSA) is 35.0 Å². The second-order valence-corrected chi connectivity index (χ2v) is 5.12. The number of hydrogen-bond acceptors (Lipinski definition) is 4. The van der Waals surface area contributed by atoms with Gasteiger partial charge in [0.2, 0.25) is 0 Å². The van der Waals surface area contributed by atoms with Crippen LogP contribution in [-0.2, 0) is 11.3 Å². The molecule has 0 saturated carbocycles. The number of rotatable bonds is 5. The summed E-state index contributed by atoms with van der Waals surface area (Å²) in [5.41, 5.74) is 0. The number of ether oxygens (including phenoxy) is 1. The molecule has 19 heavy (non-hydrogen) atoms. The molecule has 3 nitrogen and oxygen atoms in total. The van der Waals surface area contributed by atoms with Gasteiger partial charge in [0.25, 0.3) is 0 Å². The molecule has 0 unspecified atom stereocenters. The molecule has 0 N–H and O–H groups in total. The molecule has 0 saturated heterocycles. The van der Waals surface area contributed by atoms with Crippen LogP contribution in [0.4, 0.5) is 4.39 Å². The second kappa shape index (κ2) is 6.84. The highest BCUT2D eigenvalue weighted by Gasteiger charge is 2.05. The van der Waals surface area contributed by atoms with Crippen molar-refractivity contribution in [2.45, 2.75) is 23.5 Å². The number of aromatic nitrogens is 2. The minimum absolute atomic E-state index is 0.262. The number of nitrogens with zero attached hydrogens (tertiary/aromatic N) is 2. The Kier molecular flexibility index (Phi) is 5.13. The van der Waals surface area contributed by atoms with Crippen LogP contribution in [0.1, 0.15) is 12.7 Å². The lowest BCUT2D eigenvalue weighted by Crippen LogP contribution is -2.00. The quantitative estimate of drug-likeness (QED) is 0.783. The fourth-order valence-electron chi connectivity index (χ4n) is 1.38. The van der Waals surface area contributed by atoms with Gasteiger partial charge >= 0.3 is 0 Å². The van der Waals surface area contributed by atoms with E-state index in [4.69, 9.17) is 16.3 Å². The predicted molar refractivity (Wildman–Crippen MR) is 72.9 cm³/mol. The van der Waals surface area contributed by atoms with Gasteiger partial charge in [-0.1, -0.05) is 23.4 Å². The van der Waals surface area contributed by atoms with E-state index in [-0.39, 0.29) is 5.82 Å². The van der Waals surface area contributed by atoms with E-state index in [0.717, 1.165) is 4.90 Å². The van der Waals surface area contributed by atoms with E-state index in [2.05, 4.69) is 9.97 Å². The minimum atomic E-state index is -0.262. The molecule has 0 radical (unpaired) electrons. The van der Waals surface area contributed by atoms with Crippen molar-refractivity contribution in [1.82, 2.24) is 9.97 Å². The van der Waals surface area contributed by atoms with Gasteiger partial charge in [0.15, 0.2) is 5.82 Å². The Labute approximate surface area is 120 Å². The van der Waals surface area contributed by atoms with E-state index in [1.807, 2.05) is 6.92 Å². The molecule has 1 aromatic heterocycles. The van der Waals surface area contributed by atoms with Crippen molar-refractivity contribution in [3.63, 3.8) is 0 Å². The highest BCUT2D eigenvalue weighted by atomic mass is 35.5. The van der Waals surface area contributed by atoms with Crippen LogP contribution in [0.5, 0.6) is 0 Å². The summed E-state index contributed by atoms with van der Waals surface area (Å²) < 4.78 is 18.1. The van der Waals surface area contributed by atoms with Gasteiger partial charge in [-0.15, -0.1) is 0 Å². The summed E-state index contributed by atoms with van der Waals surface area (Å²) in [4.78, 5) is 9.31. The predicted octanol–water partition coefficient (Wildman–Crippen LogP) is 3.96. The maximum atomic E-state index is 12.8. The van der Waals surface area contributed by atoms with E-state index in [1.165, 1.54) is 23.9 Å². The zero-order valence-electron chi connectivity index (χ0n) is 10.3. The summed E-state index contributed by atoms with van der Waals surface area (Å²) in [5, 5.41) is 1.08. The van der Waals surface area contributed by atoms with Crippen molar-refractivity contribution >= 4 is 23.4 Å². The first-order valence-electron chi connectivity index (χ1n) is 5.72. The lowest BCUT2D eigenvalue weighted by atomic mass is 10.4. The monoisotopic (exact) mass is 298 g/mol. The molecule has 2 rings (SSSR count). The fourth-order valence-corrected chi connectivity index (χ4v) is 2.48. The summed E-state index contributed by atoms with van der Waals surface area (Å²) in [5.74, 6) is 0.279. The summed E-state index contributed by atoms with van der Waals surface area (Å²) in [6.45, 7) is 2.82. The molecular formula is C13H12ClFN2OS. The Morgan fingerprint density at radius 3 is 2.68 bits per heavy atom. The number of halogens is 2. The van der Waals surface area contributed by atoms with Crippen LogP contribution in [-0.4, -0.2) is 16.6 Å². The molecule has 0 fully saturated rings. The summed E-state index contributed by atoms with van der Waals surface area (Å²) in [6.07, 6.45) is 0. The molecule has 0 spiro atoms. The molecule has 0 aliphatic carbocycles. The lowest BCUT2D eigenvalue weighted by molar-refractivity contribution is 0.128. The van der Waals surface area contributed by atoms with Crippen LogP contribution in [0.15, 0.2) is 40.3 Å². The van der Waals surface area contributed by atoms with E-state index < -0.39 is 0 Å². The summed E-state index contributed by atoms with van der Waals surface area (Å²) in [6, 6.07) is 7.87. The van der Waals surface area contributed by atoms with E-state index in [9.17, 15) is 4.39 Å². The van der Waals surface area contributed by atoms with Crippen molar-refractivity contribution in [1.29, 1.82) is 0 Å². The van der Waals surface area contributed by atoms with Crippen molar-refractivity contribution in [2.75, 3.05) is 6.61 Å². The van der Waals surface area contributed by atoms with Crippen LogP contribution >= 0.6 is 23.4 Å². The van der Waals surface area contributed by atoms with Gasteiger partial charge in [-0.3, -0.25) is 0 Å². The third-order valence-corrected chi connectivity index (χ3v) is 3.31. The van der Waals surface area contributed by atoms with Crippen LogP contribution in [0.3, 0.4) is 0 Å². The fraction of sp³-hybridized carbons (Fsp3) is 0.231. The largest absolute Gasteiger partial charge is 0.374 e. The van der Waals surface area contributed by atoms with Gasteiger partial charge in [0, 0.05) is 17.6 Å². The van der Waals surface area contributed by atoms with Crippen molar-refractivity contribution < 1.29 is 9.13 Å². The third-order valence-electron chi connectivity index (χ3n) is 2.19. The van der Waals surface area contributed by atoms with Crippen molar-refractivity contribution in [2.24, 2.45) is 0 Å². The number of hydrogen-bond donors (Lipinski definition) is 0. The molecule has 6 heteroatoms. The van der Waals surface area contributed by atoms with E-state index in [0.29, 0.717) is 29.2 Å². The van der Waals surface area contributed by atoms with Crippen molar-refractivity contribution in [3.8, 4) is 0 Å². The van der Waals surface area contributed by atoms with E-state index >= 15 is 0 Å². The average molecular weight is 299 g/mol. The van der Waals surface area contributed by atoms with Gasteiger partial charge in [-0.05, 0) is 31.2 Å². The highest BCUT2D eigenvalue weighted by molar-refractivity contribution is 7.99. The molecule has 1 heterocycles. The number of benzene rings is 1. The van der Waals surface area contributed by atoms with Crippen LogP contribution in [0.25, 0.3) is 0 Å². The summed E-state index contributed by atoms with van der Waals surface area (Å²) in [7, 11) is 0. The maximum Gasteiger partial charge on any atom is 0.157 e. The maximum absolute atomic E-state index is 12.8. The Bertz CT molecular complexity index is 551. The van der Waals surface area contributed by atoms with Crippen LogP contribution in [0, 0.1) is 5.82 Å². The molecule has 0 amide bonds. The normalized spacial score (nSPS) is 10.7. The standard InChI is InChI=1S/C13H12ClFN2OS/c1-2-18-8-12-16-11(14)7-13(17-12)19-10-5-3-9(15)4-6-10/h3-7H,2,8H2,1H3. The Hall–Kier alpha value is -1.17. The van der Waals surface area contributed by atoms with Crippen molar-refractivity contribution in [3.05, 3.63) is 47.1 Å². The zero-order chi connectivity index (χ0) is 13.7. The smallest absolute Gasteiger partial charge is 0.157 e. The molecular weight excluding hydrogens is 287 g/mol. The first-order valence-corrected chi connectivity index (χ1v) is 6.91. The van der Waals surface area contributed by atoms with Gasteiger partial charge in [0.1, 0.15) is 22.6 Å². The van der Waals surface area contributed by atoms with E-state index in [1.54, 1.807) is 18.2 Å². The molecule has 0 bridgehead atoms. The lowest BCUT2D eigenvalue weighted by Gasteiger charge is -2.05. The Morgan fingerprint density at radius 1 is 1.26 bits per heavy atom. The molecule has 2 aromatic rings. The van der Waals surface area contributed by atoms with Gasteiger partial charge in [0.05, 0.1) is 0 Å². The SMILES string of the molecule is CCOCc1nc(Cl)cc(Sc2ccc(F)cc2)n1. The first-order chi connectivity index (χ1) is 9.17. The summed E-state index contributed by atoms with van der Waals surface area (Å²) >= 11 is 7.34. The Balaban J connectivity index is 2.15. The first kappa shape index (κ1) is 14.2. The second-order valence-electron chi connectivity index (χ2n) is 3.64. The Morgan fingerprint density at radius 2 is 2.00 bits per heavy atom. The average Bonchev–Trinajstić information content (AvgIpc) is 2.38. The molecule has 0 atom stereocenters. The third kappa shape index (κ3) is 4.45. The highest BCUT2D eigenvalue weighted by Crippen LogP contribution is 2.27. The molecule has 0 aliphatic rings. The van der Waals surface area contributed by atoms with Crippen LogP contribution in [0.2, 0.25) is 5.15 Å². The van der Waals surface area contributed by atoms with Crippen LogP contribution < -0.4 is 0 Å². The molecule has 1 aromatic carbocycles. The zero-order valence-corrected chi connectivity index (χ0v) is 11.8. The molecule has 0 aliphatic heterocycles. The minimum Gasteiger partial charge on any atom is -0.374 e. The van der Waals surface area contributed by atoms with Gasteiger partial charge in [-0.2, -0.15) is 0 Å². The molecule has 100 valence electrons. The van der Waals surface area contributed by atoms with Gasteiger partial charge in [-0.25, -0.2) is 14.4 Å².